The second-order valence-electron chi connectivity index (χ2n) is 6.95. The van der Waals surface area contributed by atoms with Crippen LogP contribution in [0.5, 0.6) is 0 Å². The Morgan fingerprint density at radius 3 is 2.56 bits per heavy atom. The van der Waals surface area contributed by atoms with E-state index in [1.54, 1.807) is 0 Å². The lowest BCUT2D eigenvalue weighted by molar-refractivity contribution is 0.310. The fraction of sp³-hybridized carbons (Fsp3) is 0.400. The van der Waals surface area contributed by atoms with E-state index >= 15 is 0 Å². The molecule has 0 radical (unpaired) electrons. The number of likely N-dealkylation sites (N-methyl/N-ethyl adjacent to an activating group) is 1. The molecule has 0 aliphatic heterocycles. The van der Waals surface area contributed by atoms with Crippen molar-refractivity contribution in [1.29, 1.82) is 0 Å². The number of nitrogens with zero attached hydrogens (tertiary/aromatic N) is 5. The summed E-state index contributed by atoms with van der Waals surface area (Å²) >= 11 is 0. The van der Waals surface area contributed by atoms with E-state index in [-0.39, 0.29) is 0 Å². The van der Waals surface area contributed by atoms with Gasteiger partial charge in [-0.2, -0.15) is 5.10 Å². The van der Waals surface area contributed by atoms with E-state index < -0.39 is 0 Å². The maximum absolute atomic E-state index is 4.51. The molecule has 2 aromatic heterocycles. The van der Waals surface area contributed by atoms with Crippen LogP contribution in [0.25, 0.3) is 5.69 Å². The molecular formula is C20H27N5. The van der Waals surface area contributed by atoms with Crippen molar-refractivity contribution in [1.82, 2.24) is 24.2 Å². The minimum Gasteiger partial charge on any atom is -0.334 e. The smallest absolute Gasteiger partial charge is 0.105 e. The standard InChI is InChI=1S/C20H27N5/c1-16(2)19-5-7-20(8-6-19)25-15-18(13-22-25)14-23(4)11-12-24-10-9-21-17(24)3/h5-10,13,15-16H,11-12,14H2,1-4H3. The molecule has 0 saturated carbocycles. The van der Waals surface area contributed by atoms with Crippen molar-refractivity contribution < 1.29 is 0 Å². The molecule has 2 heterocycles. The molecule has 5 heteroatoms. The summed E-state index contributed by atoms with van der Waals surface area (Å²) < 4.78 is 4.13. The fourth-order valence-corrected chi connectivity index (χ4v) is 2.90. The summed E-state index contributed by atoms with van der Waals surface area (Å²) in [6.07, 6.45) is 7.95. The number of hydrogen-bond donors (Lipinski definition) is 0. The van der Waals surface area contributed by atoms with E-state index in [2.05, 4.69) is 70.9 Å². The Kier molecular flexibility index (Phi) is 5.34. The van der Waals surface area contributed by atoms with Crippen molar-refractivity contribution in [3.05, 3.63) is 66.0 Å². The number of hydrogen-bond acceptors (Lipinski definition) is 3. The van der Waals surface area contributed by atoms with Gasteiger partial charge in [-0.1, -0.05) is 26.0 Å². The van der Waals surface area contributed by atoms with Gasteiger partial charge in [0, 0.05) is 43.8 Å². The summed E-state index contributed by atoms with van der Waals surface area (Å²) in [7, 11) is 2.14. The van der Waals surface area contributed by atoms with Gasteiger partial charge in [-0.05, 0) is 37.6 Å². The van der Waals surface area contributed by atoms with Crippen LogP contribution in [0.4, 0.5) is 0 Å². The van der Waals surface area contributed by atoms with E-state index in [0.717, 1.165) is 31.1 Å². The average Bonchev–Trinajstić information content (AvgIpc) is 3.22. The molecule has 25 heavy (non-hydrogen) atoms. The number of rotatable bonds is 7. The van der Waals surface area contributed by atoms with Gasteiger partial charge in [0.25, 0.3) is 0 Å². The molecule has 132 valence electrons. The van der Waals surface area contributed by atoms with Crippen molar-refractivity contribution in [3.8, 4) is 5.69 Å². The number of imidazole rings is 1. The summed E-state index contributed by atoms with van der Waals surface area (Å²) in [4.78, 5) is 6.57. The van der Waals surface area contributed by atoms with E-state index in [1.165, 1.54) is 11.1 Å². The van der Waals surface area contributed by atoms with Gasteiger partial charge in [-0.25, -0.2) is 9.67 Å². The molecule has 0 N–H and O–H groups in total. The zero-order valence-electron chi connectivity index (χ0n) is 15.6. The van der Waals surface area contributed by atoms with Crippen LogP contribution in [-0.2, 0) is 13.1 Å². The van der Waals surface area contributed by atoms with Gasteiger partial charge in [0.15, 0.2) is 0 Å². The second-order valence-corrected chi connectivity index (χ2v) is 6.95. The molecular weight excluding hydrogens is 310 g/mol. The van der Waals surface area contributed by atoms with Gasteiger partial charge in [0.2, 0.25) is 0 Å². The number of benzene rings is 1. The first kappa shape index (κ1) is 17.4. The minimum atomic E-state index is 0.551. The Bertz CT molecular complexity index is 798. The molecule has 0 fully saturated rings. The molecule has 0 unspecified atom stereocenters. The number of aromatic nitrogens is 4. The maximum Gasteiger partial charge on any atom is 0.105 e. The van der Waals surface area contributed by atoms with Crippen molar-refractivity contribution in [3.63, 3.8) is 0 Å². The van der Waals surface area contributed by atoms with E-state index in [4.69, 9.17) is 0 Å². The monoisotopic (exact) mass is 337 g/mol. The molecule has 5 nitrogen and oxygen atoms in total. The molecule has 3 aromatic rings. The predicted octanol–water partition coefficient (Wildman–Crippen LogP) is 3.63. The van der Waals surface area contributed by atoms with Gasteiger partial charge in [0.05, 0.1) is 11.9 Å². The topological polar surface area (TPSA) is 38.9 Å². The highest BCUT2D eigenvalue weighted by atomic mass is 15.3. The summed E-state index contributed by atoms with van der Waals surface area (Å²) in [5.41, 5.74) is 3.68. The Balaban J connectivity index is 1.58. The van der Waals surface area contributed by atoms with Crippen LogP contribution in [0.1, 0.15) is 36.7 Å². The van der Waals surface area contributed by atoms with Crippen molar-refractivity contribution >= 4 is 0 Å². The van der Waals surface area contributed by atoms with Crippen LogP contribution in [-0.4, -0.2) is 37.8 Å². The molecule has 0 aliphatic rings. The lowest BCUT2D eigenvalue weighted by Gasteiger charge is -2.16. The molecule has 0 saturated heterocycles. The Hall–Kier alpha value is -2.40. The Morgan fingerprint density at radius 2 is 1.92 bits per heavy atom. The molecule has 3 rings (SSSR count). The van der Waals surface area contributed by atoms with Crippen LogP contribution >= 0.6 is 0 Å². The third-order valence-corrected chi connectivity index (χ3v) is 4.56. The van der Waals surface area contributed by atoms with Gasteiger partial charge in [0.1, 0.15) is 5.82 Å². The SMILES string of the molecule is Cc1nccn1CCN(C)Cc1cnn(-c2ccc(C(C)C)cc2)c1. The zero-order valence-corrected chi connectivity index (χ0v) is 15.6. The first-order chi connectivity index (χ1) is 12.0. The first-order valence-electron chi connectivity index (χ1n) is 8.83. The lowest BCUT2D eigenvalue weighted by atomic mass is 10.0. The average molecular weight is 337 g/mol. The third-order valence-electron chi connectivity index (χ3n) is 4.56. The maximum atomic E-state index is 4.51. The van der Waals surface area contributed by atoms with Crippen molar-refractivity contribution in [2.24, 2.45) is 0 Å². The lowest BCUT2D eigenvalue weighted by Crippen LogP contribution is -2.22. The van der Waals surface area contributed by atoms with Gasteiger partial charge >= 0.3 is 0 Å². The highest BCUT2D eigenvalue weighted by Gasteiger charge is 2.06. The minimum absolute atomic E-state index is 0.551. The van der Waals surface area contributed by atoms with Crippen LogP contribution in [0.3, 0.4) is 0 Å². The van der Waals surface area contributed by atoms with Crippen LogP contribution < -0.4 is 0 Å². The van der Waals surface area contributed by atoms with Crippen LogP contribution in [0, 0.1) is 6.92 Å². The summed E-state index contributed by atoms with van der Waals surface area (Å²) in [5.74, 6) is 1.61. The Morgan fingerprint density at radius 1 is 1.16 bits per heavy atom. The summed E-state index contributed by atoms with van der Waals surface area (Å²) in [6, 6.07) is 8.64. The molecule has 0 spiro atoms. The number of aryl methyl sites for hydroxylation is 1. The van der Waals surface area contributed by atoms with E-state index in [9.17, 15) is 0 Å². The predicted molar refractivity (Wildman–Crippen MR) is 101 cm³/mol. The molecule has 0 aliphatic carbocycles. The van der Waals surface area contributed by atoms with Crippen LogP contribution in [0.15, 0.2) is 49.1 Å². The van der Waals surface area contributed by atoms with Crippen molar-refractivity contribution in [2.45, 2.75) is 39.8 Å². The van der Waals surface area contributed by atoms with Crippen molar-refractivity contribution in [2.75, 3.05) is 13.6 Å². The van der Waals surface area contributed by atoms with E-state index in [1.807, 2.05) is 30.2 Å². The summed E-state index contributed by atoms with van der Waals surface area (Å²) in [6.45, 7) is 9.27. The Labute approximate surface area is 149 Å². The van der Waals surface area contributed by atoms with Crippen LogP contribution in [0.2, 0.25) is 0 Å². The van der Waals surface area contributed by atoms with E-state index in [0.29, 0.717) is 5.92 Å². The highest BCUT2D eigenvalue weighted by Crippen LogP contribution is 2.17. The molecule has 0 atom stereocenters. The normalized spacial score (nSPS) is 11.6. The quantitative estimate of drug-likeness (QED) is 0.661. The fourth-order valence-electron chi connectivity index (χ4n) is 2.90. The second kappa shape index (κ2) is 7.66. The molecule has 0 amide bonds. The highest BCUT2D eigenvalue weighted by molar-refractivity contribution is 5.35. The largest absolute Gasteiger partial charge is 0.334 e. The molecule has 1 aromatic carbocycles. The van der Waals surface area contributed by atoms with Gasteiger partial charge < -0.3 is 9.47 Å². The third kappa shape index (κ3) is 4.37. The summed E-state index contributed by atoms with van der Waals surface area (Å²) in [5, 5.41) is 4.51. The first-order valence-corrected chi connectivity index (χ1v) is 8.83. The van der Waals surface area contributed by atoms with Gasteiger partial charge in [-0.3, -0.25) is 0 Å². The van der Waals surface area contributed by atoms with Gasteiger partial charge in [-0.15, -0.1) is 0 Å². The zero-order chi connectivity index (χ0) is 17.8. The molecule has 0 bridgehead atoms.